The Bertz CT molecular complexity index is 1880. The Morgan fingerprint density at radius 1 is 1.05 bits per heavy atom. The summed E-state index contributed by atoms with van der Waals surface area (Å²) in [5, 5.41) is 14.0. The number of nitrogens with two attached hydrogens (primary N) is 1. The Labute approximate surface area is 237 Å². The molecule has 1 unspecified atom stereocenters. The van der Waals surface area contributed by atoms with Crippen LogP contribution in [-0.2, 0) is 14.3 Å². The van der Waals surface area contributed by atoms with Crippen LogP contribution in [0.2, 0.25) is 0 Å². The molecule has 1 aliphatic heterocycles. The predicted molar refractivity (Wildman–Crippen MR) is 156 cm³/mol. The van der Waals surface area contributed by atoms with E-state index in [1.807, 2.05) is 30.3 Å². The molecule has 11 heteroatoms. The molecule has 1 aliphatic rings. The molecule has 1 amide bonds. The molecule has 1 atom stereocenters. The van der Waals surface area contributed by atoms with Crippen LogP contribution in [0.5, 0.6) is 0 Å². The fraction of sp³-hybridized carbons (Fsp3) is 0.100. The van der Waals surface area contributed by atoms with Gasteiger partial charge in [0.15, 0.2) is 0 Å². The van der Waals surface area contributed by atoms with Crippen LogP contribution < -0.4 is 25.8 Å². The molecule has 0 bridgehead atoms. The summed E-state index contributed by atoms with van der Waals surface area (Å²) >= 11 is 1.06. The number of non-ortho nitro benzene ring substituents is 1. The van der Waals surface area contributed by atoms with Gasteiger partial charge in [0, 0.05) is 17.8 Å². The molecular formula is C30H24N4O6S. The van der Waals surface area contributed by atoms with Crippen molar-refractivity contribution < 1.29 is 19.2 Å². The second-order valence-corrected chi connectivity index (χ2v) is 10.0. The quantitative estimate of drug-likeness (QED) is 0.198. The first kappa shape index (κ1) is 27.3. The monoisotopic (exact) mass is 568 g/mol. The van der Waals surface area contributed by atoms with Gasteiger partial charge in [0.1, 0.15) is 10.5 Å². The molecule has 0 aliphatic carbocycles. The highest BCUT2D eigenvalue weighted by Gasteiger charge is 2.39. The minimum absolute atomic E-state index is 0.0464. The van der Waals surface area contributed by atoms with Crippen molar-refractivity contribution in [2.45, 2.75) is 12.8 Å². The van der Waals surface area contributed by atoms with E-state index in [1.54, 1.807) is 43.3 Å². The van der Waals surface area contributed by atoms with Crippen LogP contribution >= 0.6 is 11.3 Å². The summed E-state index contributed by atoms with van der Waals surface area (Å²) in [4.78, 5) is 51.9. The Morgan fingerprint density at radius 2 is 1.73 bits per heavy atom. The number of anilines is 1. The number of nitro groups is 1. The largest absolute Gasteiger partial charge is 0.463 e. The van der Waals surface area contributed by atoms with Crippen molar-refractivity contribution in [2.75, 3.05) is 11.9 Å². The fourth-order valence-electron chi connectivity index (χ4n) is 4.65. The van der Waals surface area contributed by atoms with Crippen LogP contribution in [0.25, 0.3) is 17.5 Å². The first-order chi connectivity index (χ1) is 19.8. The number of esters is 1. The fourth-order valence-corrected chi connectivity index (χ4v) is 5.83. The Kier molecular flexibility index (Phi) is 7.61. The average molecular weight is 569 g/mol. The van der Waals surface area contributed by atoms with Crippen molar-refractivity contribution in [3.8, 4) is 0 Å². The van der Waals surface area contributed by atoms with Gasteiger partial charge >= 0.3 is 5.97 Å². The van der Waals surface area contributed by atoms with E-state index in [4.69, 9.17) is 10.5 Å². The highest BCUT2D eigenvalue weighted by Crippen LogP contribution is 2.37. The minimum atomic E-state index is -0.989. The van der Waals surface area contributed by atoms with Crippen LogP contribution in [0.15, 0.2) is 95.3 Å². The highest BCUT2D eigenvalue weighted by molar-refractivity contribution is 7.07. The number of benzene rings is 3. The van der Waals surface area contributed by atoms with E-state index in [0.29, 0.717) is 10.1 Å². The molecule has 2 heterocycles. The Hall–Kier alpha value is -5.29. The summed E-state index contributed by atoms with van der Waals surface area (Å²) in [5.41, 5.74) is 7.36. The van der Waals surface area contributed by atoms with Crippen molar-refractivity contribution in [3.63, 3.8) is 0 Å². The number of aromatic nitrogens is 1. The minimum Gasteiger partial charge on any atom is -0.463 e. The molecule has 5 rings (SSSR count). The SMILES string of the molecule is CCOC(=O)C1=C(N)n2c(s/c(=C\c3ccccc3)c2=O)=C(C(=O)Nc2cccc([N+](=O)[O-])c2)C1c1ccccc1. The molecule has 1 aromatic heterocycles. The first-order valence-electron chi connectivity index (χ1n) is 12.6. The third-order valence-electron chi connectivity index (χ3n) is 6.43. The van der Waals surface area contributed by atoms with E-state index in [9.17, 15) is 24.5 Å². The number of nitrogens with one attached hydrogen (secondary N) is 1. The number of amides is 1. The molecule has 0 saturated heterocycles. The van der Waals surface area contributed by atoms with Gasteiger partial charge in [-0.25, -0.2) is 4.79 Å². The zero-order chi connectivity index (χ0) is 29.1. The van der Waals surface area contributed by atoms with Crippen molar-refractivity contribution in [1.29, 1.82) is 0 Å². The van der Waals surface area contributed by atoms with Gasteiger partial charge in [0.2, 0.25) is 0 Å². The number of carbonyl (C=O) groups is 2. The molecule has 0 saturated carbocycles. The van der Waals surface area contributed by atoms with Gasteiger partial charge in [-0.3, -0.25) is 24.3 Å². The predicted octanol–water partition coefficient (Wildman–Crippen LogP) is 2.92. The average Bonchev–Trinajstić information content (AvgIpc) is 3.29. The van der Waals surface area contributed by atoms with Crippen LogP contribution in [0.4, 0.5) is 11.4 Å². The summed E-state index contributed by atoms with van der Waals surface area (Å²) < 4.78 is 7.03. The van der Waals surface area contributed by atoms with E-state index < -0.39 is 28.3 Å². The standard InChI is InChI=1S/C30H24N4O6S/c1-2-40-30(37)24-23(19-12-7-4-8-13-19)25(27(35)32-20-14-9-15-21(17-20)34(38)39)29-33(26(24)31)28(36)22(41-29)16-18-10-5-3-6-11-18/h3-17,23H,2,31H2,1H3,(H,32,35)/b22-16-. The molecule has 3 aromatic carbocycles. The maximum absolute atomic E-state index is 14.1. The summed E-state index contributed by atoms with van der Waals surface area (Å²) in [5.74, 6) is -2.54. The van der Waals surface area contributed by atoms with E-state index in [2.05, 4.69) is 5.32 Å². The molecule has 3 N–H and O–H groups in total. The van der Waals surface area contributed by atoms with Crippen LogP contribution in [-0.4, -0.2) is 28.0 Å². The van der Waals surface area contributed by atoms with Gasteiger partial charge in [-0.1, -0.05) is 66.7 Å². The molecule has 4 aromatic rings. The van der Waals surface area contributed by atoms with E-state index >= 15 is 0 Å². The normalized spacial score (nSPS) is 14.9. The lowest BCUT2D eigenvalue weighted by Crippen LogP contribution is -2.42. The van der Waals surface area contributed by atoms with Gasteiger partial charge in [-0.05, 0) is 30.2 Å². The number of ether oxygens (including phenoxy) is 1. The van der Waals surface area contributed by atoms with Crippen LogP contribution in [0.3, 0.4) is 0 Å². The smallest absolute Gasteiger partial charge is 0.338 e. The summed E-state index contributed by atoms with van der Waals surface area (Å²) in [6.45, 7) is 1.69. The zero-order valence-electron chi connectivity index (χ0n) is 21.8. The number of hydrogen-bond donors (Lipinski definition) is 2. The molecular weight excluding hydrogens is 544 g/mol. The third kappa shape index (κ3) is 5.30. The molecule has 41 heavy (non-hydrogen) atoms. The lowest BCUT2D eigenvalue weighted by Gasteiger charge is -2.27. The van der Waals surface area contributed by atoms with Crippen molar-refractivity contribution >= 4 is 52.1 Å². The number of nitro benzene ring substituents is 1. The lowest BCUT2D eigenvalue weighted by molar-refractivity contribution is -0.384. The summed E-state index contributed by atoms with van der Waals surface area (Å²) in [6, 6.07) is 23.5. The number of rotatable bonds is 7. The summed E-state index contributed by atoms with van der Waals surface area (Å²) in [7, 11) is 0. The second kappa shape index (κ2) is 11.4. The Morgan fingerprint density at radius 3 is 2.39 bits per heavy atom. The van der Waals surface area contributed by atoms with Gasteiger partial charge in [-0.15, -0.1) is 11.3 Å². The van der Waals surface area contributed by atoms with Crippen LogP contribution in [0, 0.1) is 10.1 Å². The molecule has 0 fully saturated rings. The highest BCUT2D eigenvalue weighted by atomic mass is 32.1. The van der Waals surface area contributed by atoms with Crippen molar-refractivity contribution in [2.24, 2.45) is 5.73 Å². The van der Waals surface area contributed by atoms with Gasteiger partial charge < -0.3 is 15.8 Å². The molecule has 0 radical (unpaired) electrons. The van der Waals surface area contributed by atoms with Crippen LogP contribution in [0.1, 0.15) is 24.0 Å². The number of hydrogen-bond acceptors (Lipinski definition) is 8. The lowest BCUT2D eigenvalue weighted by atomic mass is 9.82. The van der Waals surface area contributed by atoms with Gasteiger partial charge in [-0.2, -0.15) is 0 Å². The van der Waals surface area contributed by atoms with Crippen molar-refractivity contribution in [3.05, 3.63) is 131 Å². The second-order valence-electron chi connectivity index (χ2n) is 9.01. The number of thiazole rings is 1. The number of nitrogens with zero attached hydrogens (tertiary/aromatic N) is 2. The van der Waals surface area contributed by atoms with E-state index in [-0.39, 0.29) is 39.6 Å². The number of carbonyl (C=O) groups excluding carboxylic acids is 2. The number of fused-ring (bicyclic) bond motifs is 1. The third-order valence-corrected chi connectivity index (χ3v) is 7.54. The first-order valence-corrected chi connectivity index (χ1v) is 13.4. The van der Waals surface area contributed by atoms with Gasteiger partial charge in [0.25, 0.3) is 17.2 Å². The van der Waals surface area contributed by atoms with E-state index in [0.717, 1.165) is 21.5 Å². The maximum atomic E-state index is 14.1. The molecule has 206 valence electrons. The molecule has 0 spiro atoms. The van der Waals surface area contributed by atoms with Gasteiger partial charge in [0.05, 0.1) is 33.1 Å². The maximum Gasteiger partial charge on any atom is 0.338 e. The topological polar surface area (TPSA) is 147 Å². The Balaban J connectivity index is 1.81. The summed E-state index contributed by atoms with van der Waals surface area (Å²) in [6.07, 6.45) is 1.68. The van der Waals surface area contributed by atoms with E-state index in [1.165, 1.54) is 24.3 Å². The van der Waals surface area contributed by atoms with Crippen molar-refractivity contribution in [1.82, 2.24) is 4.57 Å². The zero-order valence-corrected chi connectivity index (χ0v) is 22.6. The molecule has 10 nitrogen and oxygen atoms in total.